The number of fused-ring (bicyclic) bond motifs is 1. The van der Waals surface area contributed by atoms with Gasteiger partial charge in [-0.15, -0.1) is 0 Å². The first-order valence-corrected chi connectivity index (χ1v) is 7.66. The van der Waals surface area contributed by atoms with Crippen molar-refractivity contribution in [1.82, 2.24) is 9.55 Å². The molecule has 0 amide bonds. The second kappa shape index (κ2) is 5.03. The molecule has 1 unspecified atom stereocenters. The van der Waals surface area contributed by atoms with Crippen LogP contribution in [0.25, 0.3) is 0 Å². The van der Waals surface area contributed by atoms with Crippen molar-refractivity contribution < 1.29 is 28.3 Å². The van der Waals surface area contributed by atoms with E-state index in [0.29, 0.717) is 0 Å². The van der Waals surface area contributed by atoms with Crippen LogP contribution in [0.2, 0.25) is 5.02 Å². The van der Waals surface area contributed by atoms with Gasteiger partial charge < -0.3 is 14.7 Å². The topological polar surface area (TPSA) is 140 Å². The third-order valence-corrected chi connectivity index (χ3v) is 4.42. The van der Waals surface area contributed by atoms with E-state index < -0.39 is 43.6 Å². The van der Waals surface area contributed by atoms with Gasteiger partial charge >= 0.3 is 13.5 Å². The van der Waals surface area contributed by atoms with E-state index >= 15 is 0 Å². The lowest BCUT2D eigenvalue weighted by molar-refractivity contribution is -0.0685. The minimum Gasteiger partial charge on any atom is -0.386 e. The predicted octanol–water partition coefficient (Wildman–Crippen LogP) is -1.04. The number of phosphoric ester groups is 1. The number of halogens is 1. The van der Waals surface area contributed by atoms with Gasteiger partial charge in [-0.25, -0.2) is 9.36 Å². The van der Waals surface area contributed by atoms with Crippen LogP contribution in [0.15, 0.2) is 15.8 Å². The van der Waals surface area contributed by atoms with E-state index in [1.807, 2.05) is 4.98 Å². The van der Waals surface area contributed by atoms with Crippen molar-refractivity contribution >= 4 is 19.4 Å². The highest BCUT2D eigenvalue weighted by Gasteiger charge is 2.52. The number of nitrogens with one attached hydrogen (secondary N) is 1. The van der Waals surface area contributed by atoms with Gasteiger partial charge in [-0.2, -0.15) is 0 Å². The van der Waals surface area contributed by atoms with E-state index in [1.54, 1.807) is 0 Å². The summed E-state index contributed by atoms with van der Waals surface area (Å²) in [6.45, 7) is -0.280. The summed E-state index contributed by atoms with van der Waals surface area (Å²) in [6.07, 6.45) is -3.62. The monoisotopic (exact) mass is 340 g/mol. The lowest BCUT2D eigenvalue weighted by atomic mass is 10.1. The van der Waals surface area contributed by atoms with E-state index in [0.717, 1.165) is 10.8 Å². The van der Waals surface area contributed by atoms with Crippen molar-refractivity contribution in [2.75, 3.05) is 6.61 Å². The van der Waals surface area contributed by atoms with Crippen molar-refractivity contribution in [3.8, 4) is 0 Å². The molecule has 2 fully saturated rings. The summed E-state index contributed by atoms with van der Waals surface area (Å²) >= 11 is 5.63. The van der Waals surface area contributed by atoms with Crippen molar-refractivity contribution in [2.45, 2.75) is 24.5 Å². The molecule has 2 aliphatic heterocycles. The summed E-state index contributed by atoms with van der Waals surface area (Å²) in [6, 6.07) is 0. The maximum Gasteiger partial charge on any atom is 0.472 e. The van der Waals surface area contributed by atoms with E-state index in [9.17, 15) is 24.2 Å². The highest BCUT2D eigenvalue weighted by molar-refractivity contribution is 7.47. The molecular weight excluding hydrogens is 331 g/mol. The van der Waals surface area contributed by atoms with Gasteiger partial charge in [0.1, 0.15) is 23.3 Å². The first-order chi connectivity index (χ1) is 9.78. The summed E-state index contributed by atoms with van der Waals surface area (Å²) in [5.41, 5.74) is -1.62. The summed E-state index contributed by atoms with van der Waals surface area (Å²) in [7, 11) is -4.25. The Kier molecular flexibility index (Phi) is 3.57. The Hall–Kier alpha value is -1.00. The zero-order chi connectivity index (χ0) is 15.4. The molecule has 0 saturated carbocycles. The predicted molar refractivity (Wildman–Crippen MR) is 66.9 cm³/mol. The molecule has 116 valence electrons. The number of aromatic amines is 1. The first-order valence-electron chi connectivity index (χ1n) is 5.79. The van der Waals surface area contributed by atoms with Gasteiger partial charge in [0.05, 0.1) is 6.61 Å². The number of ether oxygens (including phenoxy) is 1. The van der Waals surface area contributed by atoms with E-state index in [1.165, 1.54) is 0 Å². The number of aromatic nitrogens is 2. The van der Waals surface area contributed by atoms with Crippen molar-refractivity contribution in [3.63, 3.8) is 0 Å². The van der Waals surface area contributed by atoms with E-state index in [2.05, 4.69) is 4.52 Å². The minimum atomic E-state index is -4.25. The fourth-order valence-electron chi connectivity index (χ4n) is 2.22. The van der Waals surface area contributed by atoms with Gasteiger partial charge in [0.2, 0.25) is 0 Å². The summed E-state index contributed by atoms with van der Waals surface area (Å²) < 4.78 is 26.9. The van der Waals surface area contributed by atoms with E-state index in [4.69, 9.17) is 20.9 Å². The molecular formula is C9H10ClN2O8P. The Bertz CT molecular complexity index is 731. The van der Waals surface area contributed by atoms with Crippen LogP contribution in [0.1, 0.15) is 6.23 Å². The van der Waals surface area contributed by atoms with Crippen LogP contribution < -0.4 is 11.2 Å². The Morgan fingerprint density at radius 2 is 2.19 bits per heavy atom. The zero-order valence-electron chi connectivity index (χ0n) is 10.2. The fraction of sp³-hybridized carbons (Fsp3) is 0.556. The van der Waals surface area contributed by atoms with Crippen molar-refractivity contribution in [3.05, 3.63) is 32.1 Å². The Morgan fingerprint density at radius 1 is 1.48 bits per heavy atom. The van der Waals surface area contributed by atoms with Crippen LogP contribution in [-0.4, -0.2) is 44.5 Å². The SMILES string of the molecule is O=c1[nH]c(=O)n([C@@H]2O[C@@H]3COP(=O)(O)O[C@H]3[C@H]2O)cc1Cl. The lowest BCUT2D eigenvalue weighted by Gasteiger charge is -2.27. The number of phosphoric acid groups is 1. The van der Waals surface area contributed by atoms with Gasteiger partial charge in [-0.05, 0) is 0 Å². The van der Waals surface area contributed by atoms with Gasteiger partial charge in [0.25, 0.3) is 5.56 Å². The largest absolute Gasteiger partial charge is 0.472 e. The molecule has 2 aliphatic rings. The standard InChI is InChI=1S/C9H10ClN2O8P/c10-3-1-12(9(15)11-7(3)14)8-5(13)6-4(19-8)2-18-21(16,17)20-6/h1,4-6,8,13H,2H2,(H,16,17)(H,11,14,15)/t4-,5-,6-,8-/m1/s1. The van der Waals surface area contributed by atoms with Crippen LogP contribution in [0.5, 0.6) is 0 Å². The molecule has 3 N–H and O–H groups in total. The molecule has 10 nitrogen and oxygen atoms in total. The van der Waals surface area contributed by atoms with Gasteiger partial charge in [0.15, 0.2) is 6.23 Å². The Morgan fingerprint density at radius 3 is 2.90 bits per heavy atom. The molecule has 5 atom stereocenters. The van der Waals surface area contributed by atoms with Crippen LogP contribution in [0, 0.1) is 0 Å². The molecule has 0 spiro atoms. The first kappa shape index (κ1) is 14.9. The highest BCUT2D eigenvalue weighted by atomic mass is 35.5. The van der Waals surface area contributed by atoms with Crippen LogP contribution in [-0.2, 0) is 18.3 Å². The minimum absolute atomic E-state index is 0.273. The molecule has 3 rings (SSSR count). The number of aliphatic hydroxyl groups excluding tert-OH is 1. The van der Waals surface area contributed by atoms with Crippen molar-refractivity contribution in [2.24, 2.45) is 0 Å². The summed E-state index contributed by atoms with van der Waals surface area (Å²) in [5.74, 6) is 0. The number of rotatable bonds is 1. The van der Waals surface area contributed by atoms with Crippen molar-refractivity contribution in [1.29, 1.82) is 0 Å². The molecule has 3 heterocycles. The lowest BCUT2D eigenvalue weighted by Crippen LogP contribution is -2.40. The fourth-order valence-corrected chi connectivity index (χ4v) is 3.33. The second-order valence-corrected chi connectivity index (χ2v) is 6.35. The average Bonchev–Trinajstić information content (AvgIpc) is 2.70. The van der Waals surface area contributed by atoms with Crippen LogP contribution in [0.4, 0.5) is 0 Å². The number of hydrogen-bond acceptors (Lipinski definition) is 7. The number of H-pyrrole nitrogens is 1. The molecule has 0 aliphatic carbocycles. The van der Waals surface area contributed by atoms with Gasteiger partial charge in [0, 0.05) is 6.20 Å². The molecule has 21 heavy (non-hydrogen) atoms. The smallest absolute Gasteiger partial charge is 0.386 e. The molecule has 2 saturated heterocycles. The molecule has 0 bridgehead atoms. The molecule has 0 radical (unpaired) electrons. The normalized spacial score (nSPS) is 39.2. The number of nitrogens with zero attached hydrogens (tertiary/aromatic N) is 1. The average molecular weight is 341 g/mol. The van der Waals surface area contributed by atoms with Crippen LogP contribution in [0.3, 0.4) is 0 Å². The molecule has 1 aromatic heterocycles. The molecule has 12 heteroatoms. The molecule has 0 aromatic carbocycles. The highest BCUT2D eigenvalue weighted by Crippen LogP contribution is 2.52. The van der Waals surface area contributed by atoms with Gasteiger partial charge in [-0.1, -0.05) is 11.6 Å². The third-order valence-electron chi connectivity index (χ3n) is 3.16. The zero-order valence-corrected chi connectivity index (χ0v) is 11.9. The van der Waals surface area contributed by atoms with Gasteiger partial charge in [-0.3, -0.25) is 23.4 Å². The third kappa shape index (κ3) is 2.59. The molecule has 1 aromatic rings. The Labute approximate surface area is 121 Å². The van der Waals surface area contributed by atoms with Crippen LogP contribution >= 0.6 is 19.4 Å². The second-order valence-electron chi connectivity index (χ2n) is 4.53. The summed E-state index contributed by atoms with van der Waals surface area (Å²) in [5, 5.41) is 9.85. The summed E-state index contributed by atoms with van der Waals surface area (Å²) in [4.78, 5) is 34.1. The maximum absolute atomic E-state index is 11.7. The number of hydrogen-bond donors (Lipinski definition) is 3. The Balaban J connectivity index is 1.95. The number of aliphatic hydroxyl groups is 1. The maximum atomic E-state index is 11.7. The van der Waals surface area contributed by atoms with E-state index in [-0.39, 0.29) is 11.6 Å². The quantitative estimate of drug-likeness (QED) is 0.551.